The van der Waals surface area contributed by atoms with Crippen molar-refractivity contribution in [3.05, 3.63) is 0 Å². The highest BCUT2D eigenvalue weighted by atomic mass is 28.4. The summed E-state index contributed by atoms with van der Waals surface area (Å²) in [6, 6.07) is 0. The molecular weight excluding hydrogens is 310 g/mol. The largest absolute Gasteiger partial charge is 0.759 e. The SMILES string of the molecule is CCC/C(C)=N/O[Si](C)(O/N=C(\C)CCC)O/N=C(\C)CCC. The maximum absolute atomic E-state index is 5.57. The molecule has 23 heavy (non-hydrogen) atoms. The van der Waals surface area contributed by atoms with Crippen LogP contribution < -0.4 is 0 Å². The number of rotatable bonds is 12. The van der Waals surface area contributed by atoms with Crippen LogP contribution in [0.3, 0.4) is 0 Å². The Labute approximate surface area is 142 Å². The second-order valence-electron chi connectivity index (χ2n) is 5.87. The van der Waals surface area contributed by atoms with Gasteiger partial charge < -0.3 is 13.6 Å². The standard InChI is InChI=1S/C16H33N3O3Si/c1-8-11-14(4)17-20-23(7,21-18-15(5)12-9-2)22-19-16(6)13-10-3/h8-13H2,1-7H3/b17-14+,18-15+,19-16+. The van der Waals surface area contributed by atoms with Gasteiger partial charge in [0.25, 0.3) is 0 Å². The van der Waals surface area contributed by atoms with Crippen molar-refractivity contribution in [1.29, 1.82) is 0 Å². The molecule has 0 rings (SSSR count). The summed E-state index contributed by atoms with van der Waals surface area (Å²) in [7, 11) is -3.09. The molecule has 0 aliphatic carbocycles. The monoisotopic (exact) mass is 343 g/mol. The highest BCUT2D eigenvalue weighted by Crippen LogP contribution is 2.13. The number of hydrogen-bond donors (Lipinski definition) is 0. The maximum Gasteiger partial charge on any atom is 0.759 e. The van der Waals surface area contributed by atoms with Crippen LogP contribution in [0, 0.1) is 0 Å². The van der Waals surface area contributed by atoms with Crippen molar-refractivity contribution in [2.45, 2.75) is 86.6 Å². The molecule has 0 heterocycles. The first-order valence-corrected chi connectivity index (χ1v) is 10.7. The Bertz CT molecular complexity index is 363. The summed E-state index contributed by atoms with van der Waals surface area (Å²) in [5, 5.41) is 12.4. The van der Waals surface area contributed by atoms with Crippen LogP contribution in [0.15, 0.2) is 15.5 Å². The molecule has 0 spiro atoms. The van der Waals surface area contributed by atoms with Gasteiger partial charge in [-0.1, -0.05) is 40.0 Å². The van der Waals surface area contributed by atoms with Gasteiger partial charge in [0, 0.05) is 6.55 Å². The second kappa shape index (κ2) is 12.1. The van der Waals surface area contributed by atoms with Crippen LogP contribution in [0.25, 0.3) is 0 Å². The van der Waals surface area contributed by atoms with Crippen LogP contribution in [0.4, 0.5) is 0 Å². The molecule has 134 valence electrons. The molecule has 0 atom stereocenters. The Balaban J connectivity index is 4.98. The highest BCUT2D eigenvalue weighted by Gasteiger charge is 2.45. The molecule has 6 nitrogen and oxygen atoms in total. The minimum absolute atomic E-state index is 0.876. The van der Waals surface area contributed by atoms with E-state index in [1.807, 2.05) is 20.8 Å². The molecule has 0 fully saturated rings. The molecule has 0 aliphatic rings. The molecular formula is C16H33N3O3Si. The van der Waals surface area contributed by atoms with E-state index in [1.165, 1.54) is 0 Å². The predicted octanol–water partition coefficient (Wildman–Crippen LogP) is 5.13. The predicted molar refractivity (Wildman–Crippen MR) is 98.9 cm³/mol. The zero-order chi connectivity index (χ0) is 17.7. The minimum Gasteiger partial charge on any atom is -0.373 e. The van der Waals surface area contributed by atoms with Gasteiger partial charge in [-0.3, -0.25) is 0 Å². The second-order valence-corrected chi connectivity index (χ2v) is 8.14. The average Bonchev–Trinajstić information content (AvgIpc) is 2.50. The normalized spacial score (nSPS) is 14.0. The van der Waals surface area contributed by atoms with E-state index >= 15 is 0 Å². The Morgan fingerprint density at radius 2 is 0.913 bits per heavy atom. The van der Waals surface area contributed by atoms with E-state index in [0.717, 1.165) is 55.7 Å². The Morgan fingerprint density at radius 3 is 1.13 bits per heavy atom. The van der Waals surface area contributed by atoms with Gasteiger partial charge in [-0.2, -0.15) is 0 Å². The van der Waals surface area contributed by atoms with E-state index < -0.39 is 8.80 Å². The van der Waals surface area contributed by atoms with Crippen molar-refractivity contribution in [3.63, 3.8) is 0 Å². The van der Waals surface area contributed by atoms with Gasteiger partial charge in [-0.15, -0.1) is 15.5 Å². The fourth-order valence-corrected chi connectivity index (χ4v) is 2.82. The van der Waals surface area contributed by atoms with Crippen LogP contribution >= 0.6 is 0 Å². The van der Waals surface area contributed by atoms with Gasteiger partial charge in [-0.05, 0) is 40.0 Å². The van der Waals surface area contributed by atoms with Crippen molar-refractivity contribution in [2.24, 2.45) is 15.5 Å². The van der Waals surface area contributed by atoms with Crippen LogP contribution in [0.5, 0.6) is 0 Å². The molecule has 0 bridgehead atoms. The summed E-state index contributed by atoms with van der Waals surface area (Å²) >= 11 is 0. The average molecular weight is 344 g/mol. The van der Waals surface area contributed by atoms with Crippen molar-refractivity contribution in [3.8, 4) is 0 Å². The molecule has 7 heteroatoms. The third kappa shape index (κ3) is 10.9. The van der Waals surface area contributed by atoms with Crippen LogP contribution in [-0.4, -0.2) is 25.9 Å². The smallest absolute Gasteiger partial charge is 0.373 e. The first-order valence-electron chi connectivity index (χ1n) is 8.51. The molecule has 0 aliphatic heterocycles. The minimum atomic E-state index is -3.09. The Morgan fingerprint density at radius 1 is 0.652 bits per heavy atom. The van der Waals surface area contributed by atoms with Crippen LogP contribution in [0.2, 0.25) is 6.55 Å². The lowest BCUT2D eigenvalue weighted by Crippen LogP contribution is -2.38. The van der Waals surface area contributed by atoms with Gasteiger partial charge in [-0.25, -0.2) is 0 Å². The van der Waals surface area contributed by atoms with Crippen molar-refractivity contribution in [1.82, 2.24) is 0 Å². The van der Waals surface area contributed by atoms with Gasteiger partial charge in [0.15, 0.2) is 0 Å². The first-order chi connectivity index (χ1) is 10.9. The fourth-order valence-electron chi connectivity index (χ4n) is 1.75. The van der Waals surface area contributed by atoms with Crippen molar-refractivity contribution >= 4 is 25.9 Å². The van der Waals surface area contributed by atoms with Gasteiger partial charge in [0.05, 0.1) is 17.1 Å². The fraction of sp³-hybridized carbons (Fsp3) is 0.812. The van der Waals surface area contributed by atoms with Gasteiger partial charge >= 0.3 is 8.80 Å². The first kappa shape index (κ1) is 21.6. The molecule has 0 aromatic heterocycles. The number of hydrogen-bond acceptors (Lipinski definition) is 6. The van der Waals surface area contributed by atoms with Gasteiger partial charge in [0.1, 0.15) is 0 Å². The zero-order valence-electron chi connectivity index (χ0n) is 15.8. The molecule has 0 amide bonds. The van der Waals surface area contributed by atoms with E-state index in [1.54, 1.807) is 6.55 Å². The Hall–Kier alpha value is -1.37. The molecule has 0 unspecified atom stereocenters. The van der Waals surface area contributed by atoms with Crippen molar-refractivity contribution in [2.75, 3.05) is 0 Å². The lowest BCUT2D eigenvalue weighted by molar-refractivity contribution is 0.0722. The van der Waals surface area contributed by atoms with Crippen LogP contribution in [0.1, 0.15) is 80.1 Å². The number of oxime groups is 3. The number of nitrogens with zero attached hydrogens (tertiary/aromatic N) is 3. The third-order valence-electron chi connectivity index (χ3n) is 2.94. The van der Waals surface area contributed by atoms with E-state index in [-0.39, 0.29) is 0 Å². The zero-order valence-corrected chi connectivity index (χ0v) is 16.8. The molecule has 0 aromatic rings. The Kier molecular flexibility index (Phi) is 11.4. The molecule has 0 N–H and O–H groups in total. The van der Waals surface area contributed by atoms with Crippen molar-refractivity contribution < 1.29 is 13.6 Å². The molecule has 0 saturated heterocycles. The van der Waals surface area contributed by atoms with Gasteiger partial charge in [0.2, 0.25) is 0 Å². The van der Waals surface area contributed by atoms with E-state index in [0.29, 0.717) is 0 Å². The van der Waals surface area contributed by atoms with E-state index in [9.17, 15) is 0 Å². The summed E-state index contributed by atoms with van der Waals surface area (Å²) in [4.78, 5) is 0. The van der Waals surface area contributed by atoms with E-state index in [4.69, 9.17) is 13.6 Å². The topological polar surface area (TPSA) is 64.8 Å². The maximum atomic E-state index is 5.57. The quantitative estimate of drug-likeness (QED) is 0.280. The molecule has 0 radical (unpaired) electrons. The molecule has 0 aromatic carbocycles. The van der Waals surface area contributed by atoms with E-state index in [2.05, 4.69) is 36.2 Å². The third-order valence-corrected chi connectivity index (χ3v) is 4.21. The van der Waals surface area contributed by atoms with Crippen LogP contribution in [-0.2, 0) is 13.6 Å². The summed E-state index contributed by atoms with van der Waals surface area (Å²) in [5.74, 6) is 0. The summed E-state index contributed by atoms with van der Waals surface area (Å²) in [5.41, 5.74) is 2.71. The summed E-state index contributed by atoms with van der Waals surface area (Å²) in [6.07, 6.45) is 5.67. The highest BCUT2D eigenvalue weighted by molar-refractivity contribution is 6.59. The molecule has 0 saturated carbocycles. The lowest BCUT2D eigenvalue weighted by atomic mass is 10.2. The summed E-state index contributed by atoms with van der Waals surface area (Å²) < 4.78 is 16.7. The lowest BCUT2D eigenvalue weighted by Gasteiger charge is -2.18. The summed E-state index contributed by atoms with van der Waals surface area (Å²) in [6.45, 7) is 13.8.